The Balaban J connectivity index is 1.68. The third-order valence-electron chi connectivity index (χ3n) is 3.35. The minimum atomic E-state index is 0.874. The van der Waals surface area contributed by atoms with Crippen molar-refractivity contribution in [2.24, 2.45) is 0 Å². The smallest absolute Gasteiger partial charge is 0.0594 e. The molecule has 0 atom stereocenters. The van der Waals surface area contributed by atoms with Gasteiger partial charge in [0.1, 0.15) is 0 Å². The third-order valence-corrected chi connectivity index (χ3v) is 3.35. The van der Waals surface area contributed by atoms with E-state index in [0.717, 1.165) is 39.4 Å². The Hall–Kier alpha value is -1.32. The molecule has 0 unspecified atom stereocenters. The molecule has 0 aliphatic carbocycles. The second kappa shape index (κ2) is 4.90. The van der Waals surface area contributed by atoms with Crippen molar-refractivity contribution in [3.05, 3.63) is 36.5 Å². The highest BCUT2D eigenvalue weighted by atomic mass is 16.5. The molecule has 1 aliphatic rings. The van der Waals surface area contributed by atoms with Crippen LogP contribution in [-0.4, -0.2) is 42.3 Å². The summed E-state index contributed by atoms with van der Waals surface area (Å²) < 4.78 is 7.63. The Morgan fingerprint density at radius 2 is 1.94 bits per heavy atom. The first-order chi connectivity index (χ1) is 8.43. The molecular formula is C14H17N2O. The minimum absolute atomic E-state index is 0.874. The highest BCUT2D eigenvalue weighted by Gasteiger charge is 2.10. The zero-order valence-corrected chi connectivity index (χ0v) is 9.93. The summed E-state index contributed by atoms with van der Waals surface area (Å²) in [5.41, 5.74) is 1.28. The van der Waals surface area contributed by atoms with Gasteiger partial charge < -0.3 is 9.30 Å². The van der Waals surface area contributed by atoms with E-state index in [1.54, 1.807) is 0 Å². The molecule has 3 rings (SSSR count). The van der Waals surface area contributed by atoms with Crippen molar-refractivity contribution in [3.63, 3.8) is 0 Å². The monoisotopic (exact) mass is 229 g/mol. The fourth-order valence-corrected chi connectivity index (χ4v) is 2.32. The minimum Gasteiger partial charge on any atom is -0.379 e. The van der Waals surface area contributed by atoms with E-state index in [4.69, 9.17) is 4.74 Å². The molecule has 0 spiro atoms. The van der Waals surface area contributed by atoms with Gasteiger partial charge in [-0.2, -0.15) is 0 Å². The summed E-state index contributed by atoms with van der Waals surface area (Å²) in [7, 11) is 0. The molecule has 0 bridgehead atoms. The third kappa shape index (κ3) is 2.35. The van der Waals surface area contributed by atoms with Crippen molar-refractivity contribution in [2.75, 3.05) is 32.8 Å². The lowest BCUT2D eigenvalue weighted by Crippen LogP contribution is -2.38. The molecule has 0 amide bonds. The van der Waals surface area contributed by atoms with Gasteiger partial charge in [0.15, 0.2) is 0 Å². The number of ether oxygens (including phenoxy) is 1. The Morgan fingerprint density at radius 1 is 1.12 bits per heavy atom. The van der Waals surface area contributed by atoms with Crippen LogP contribution >= 0.6 is 0 Å². The highest BCUT2D eigenvalue weighted by Crippen LogP contribution is 2.14. The lowest BCUT2D eigenvalue weighted by molar-refractivity contribution is 0.0365. The first kappa shape index (κ1) is 10.8. The van der Waals surface area contributed by atoms with E-state index in [1.807, 2.05) is 0 Å². The fraction of sp³-hybridized carbons (Fsp3) is 0.429. The lowest BCUT2D eigenvalue weighted by atomic mass is 10.2. The number of benzene rings is 1. The summed E-state index contributed by atoms with van der Waals surface area (Å²) in [5.74, 6) is 0. The van der Waals surface area contributed by atoms with Gasteiger partial charge in [0, 0.05) is 49.3 Å². The van der Waals surface area contributed by atoms with Crippen molar-refractivity contribution in [3.8, 4) is 0 Å². The van der Waals surface area contributed by atoms with Gasteiger partial charge in [-0.15, -0.1) is 0 Å². The summed E-state index contributed by atoms with van der Waals surface area (Å²) in [4.78, 5) is 2.46. The number of aromatic nitrogens is 1. The molecule has 2 aromatic rings. The molecule has 0 saturated carbocycles. The topological polar surface area (TPSA) is 17.4 Å². The van der Waals surface area contributed by atoms with E-state index < -0.39 is 0 Å². The van der Waals surface area contributed by atoms with Crippen LogP contribution in [0.1, 0.15) is 0 Å². The lowest BCUT2D eigenvalue weighted by Gasteiger charge is -2.26. The Labute approximate surface area is 102 Å². The number of hydrogen-bond acceptors (Lipinski definition) is 2. The van der Waals surface area contributed by atoms with Crippen molar-refractivity contribution in [1.29, 1.82) is 0 Å². The molecule has 1 aromatic carbocycles. The predicted octanol–water partition coefficient (Wildman–Crippen LogP) is 1.77. The second-order valence-electron chi connectivity index (χ2n) is 4.44. The van der Waals surface area contributed by atoms with Gasteiger partial charge in [0.2, 0.25) is 0 Å². The average molecular weight is 229 g/mol. The standard InChI is InChI=1S/C14H17N2O/c1-2-4-14-13(3-1)5-6-16(14)8-7-15-9-11-17-12-10-15/h1-4,6H,7-12H2. The van der Waals surface area contributed by atoms with E-state index >= 15 is 0 Å². The molecule has 17 heavy (non-hydrogen) atoms. The van der Waals surface area contributed by atoms with Gasteiger partial charge in [-0.1, -0.05) is 18.2 Å². The SMILES string of the molecule is [c]1cn(CCN2CCOCC2)c2ccccc12. The summed E-state index contributed by atoms with van der Waals surface area (Å²) in [6.45, 7) is 5.99. The average Bonchev–Trinajstić information content (AvgIpc) is 2.81. The van der Waals surface area contributed by atoms with Crippen LogP contribution in [0.2, 0.25) is 0 Å². The van der Waals surface area contributed by atoms with Gasteiger partial charge in [0.05, 0.1) is 13.2 Å². The number of morpholine rings is 1. The number of para-hydroxylation sites is 1. The second-order valence-corrected chi connectivity index (χ2v) is 4.44. The number of hydrogen-bond donors (Lipinski definition) is 0. The fourth-order valence-electron chi connectivity index (χ4n) is 2.32. The molecular weight excluding hydrogens is 212 g/mol. The largest absolute Gasteiger partial charge is 0.379 e. The molecule has 3 heteroatoms. The molecule has 1 aromatic heterocycles. The molecule has 1 aliphatic heterocycles. The summed E-state index contributed by atoms with van der Waals surface area (Å²) in [6.07, 6.45) is 2.06. The van der Waals surface area contributed by atoms with Crippen molar-refractivity contribution in [2.45, 2.75) is 6.54 Å². The van der Waals surface area contributed by atoms with E-state index in [0.29, 0.717) is 0 Å². The Kier molecular flexibility index (Phi) is 3.12. The molecule has 0 N–H and O–H groups in total. The highest BCUT2D eigenvalue weighted by molar-refractivity contribution is 5.79. The summed E-state index contributed by atoms with van der Waals surface area (Å²) >= 11 is 0. The van der Waals surface area contributed by atoms with E-state index in [2.05, 4.69) is 46.0 Å². The molecule has 2 heterocycles. The molecule has 1 radical (unpaired) electrons. The molecule has 1 saturated heterocycles. The Bertz CT molecular complexity index is 486. The van der Waals surface area contributed by atoms with Gasteiger partial charge in [-0.25, -0.2) is 0 Å². The number of rotatable bonds is 3. The maximum Gasteiger partial charge on any atom is 0.0594 e. The van der Waals surface area contributed by atoms with Crippen LogP contribution in [0.15, 0.2) is 30.5 Å². The normalized spacial score (nSPS) is 17.6. The summed E-state index contributed by atoms with van der Waals surface area (Å²) in [5, 5.41) is 1.20. The number of nitrogens with zero attached hydrogens (tertiary/aromatic N) is 2. The first-order valence-corrected chi connectivity index (χ1v) is 6.19. The Morgan fingerprint density at radius 3 is 2.82 bits per heavy atom. The first-order valence-electron chi connectivity index (χ1n) is 6.19. The van der Waals surface area contributed by atoms with Crippen LogP contribution in [-0.2, 0) is 11.3 Å². The van der Waals surface area contributed by atoms with Crippen LogP contribution < -0.4 is 0 Å². The van der Waals surface area contributed by atoms with Gasteiger partial charge >= 0.3 is 0 Å². The van der Waals surface area contributed by atoms with Crippen LogP contribution in [0.3, 0.4) is 0 Å². The van der Waals surface area contributed by atoms with Crippen LogP contribution in [0.5, 0.6) is 0 Å². The van der Waals surface area contributed by atoms with E-state index in [-0.39, 0.29) is 0 Å². The van der Waals surface area contributed by atoms with Crippen molar-refractivity contribution < 1.29 is 4.74 Å². The number of fused-ring (bicyclic) bond motifs is 1. The van der Waals surface area contributed by atoms with E-state index in [1.165, 1.54) is 10.9 Å². The van der Waals surface area contributed by atoms with Gasteiger partial charge in [-0.3, -0.25) is 4.90 Å². The van der Waals surface area contributed by atoms with Crippen LogP contribution in [0.4, 0.5) is 0 Å². The van der Waals surface area contributed by atoms with Crippen LogP contribution in [0, 0.1) is 6.07 Å². The zero-order valence-electron chi connectivity index (χ0n) is 9.93. The van der Waals surface area contributed by atoms with Crippen LogP contribution in [0.25, 0.3) is 10.9 Å². The van der Waals surface area contributed by atoms with E-state index in [9.17, 15) is 0 Å². The van der Waals surface area contributed by atoms with Crippen molar-refractivity contribution in [1.82, 2.24) is 9.47 Å². The zero-order chi connectivity index (χ0) is 11.5. The maximum atomic E-state index is 5.35. The maximum absolute atomic E-state index is 5.35. The van der Waals surface area contributed by atoms with Gasteiger partial charge in [0.25, 0.3) is 0 Å². The quantitative estimate of drug-likeness (QED) is 0.798. The van der Waals surface area contributed by atoms with Gasteiger partial charge in [-0.05, 0) is 6.07 Å². The molecule has 3 nitrogen and oxygen atoms in total. The molecule has 89 valence electrons. The summed E-state index contributed by atoms with van der Waals surface area (Å²) in [6, 6.07) is 11.7. The predicted molar refractivity (Wildman–Crippen MR) is 68.0 cm³/mol. The van der Waals surface area contributed by atoms with Crippen molar-refractivity contribution >= 4 is 10.9 Å². The molecule has 1 fully saturated rings.